The van der Waals surface area contributed by atoms with Crippen LogP contribution >= 0.6 is 7.94 Å². The Bertz CT molecular complexity index is 368. The third-order valence-electron chi connectivity index (χ3n) is 6.64. The van der Waals surface area contributed by atoms with Gasteiger partial charge in [0.05, 0.1) is 0 Å². The van der Waals surface area contributed by atoms with Crippen molar-refractivity contribution in [3.63, 3.8) is 0 Å². The Labute approximate surface area is 161 Å². The molecule has 5 nitrogen and oxygen atoms in total. The van der Waals surface area contributed by atoms with E-state index in [2.05, 4.69) is 19.1 Å². The molecule has 0 atom stereocenters. The molecule has 0 saturated carbocycles. The Balaban J connectivity index is 1.64. The molecule has 0 radical (unpaired) electrons. The van der Waals surface area contributed by atoms with E-state index in [0.29, 0.717) is 0 Å². The Morgan fingerprint density at radius 3 is 1.04 bits per heavy atom. The summed E-state index contributed by atoms with van der Waals surface area (Å²) in [6, 6.07) is 0. The quantitative estimate of drug-likeness (QED) is 0.648. The molecule has 0 amide bonds. The molecule has 4 fully saturated rings. The summed E-state index contributed by atoms with van der Waals surface area (Å²) in [5.74, 6) is 0. The second-order valence-electron chi connectivity index (χ2n) is 8.63. The first kappa shape index (κ1) is 19.5. The molecule has 4 aliphatic heterocycles. The fraction of sp³-hybridized carbons (Fsp3) is 1.00. The Morgan fingerprint density at radius 1 is 0.385 bits per heavy atom. The van der Waals surface area contributed by atoms with Crippen LogP contribution in [0.25, 0.3) is 0 Å². The molecular formula is C20H40N4OP+. The first-order valence-electron chi connectivity index (χ1n) is 11.5. The van der Waals surface area contributed by atoms with E-state index in [-0.39, 0.29) is 0 Å². The summed E-state index contributed by atoms with van der Waals surface area (Å²) < 4.78 is 15.7. The van der Waals surface area contributed by atoms with E-state index in [4.69, 9.17) is 4.62 Å². The highest BCUT2D eigenvalue weighted by atomic mass is 31.2. The first-order chi connectivity index (χ1) is 12.9. The van der Waals surface area contributed by atoms with Crippen LogP contribution in [0.1, 0.15) is 77.0 Å². The fourth-order valence-corrected chi connectivity index (χ4v) is 9.47. The molecule has 6 heteroatoms. The van der Waals surface area contributed by atoms with Crippen LogP contribution in [0.5, 0.6) is 0 Å². The molecule has 150 valence electrons. The molecule has 4 heterocycles. The van der Waals surface area contributed by atoms with Crippen molar-refractivity contribution < 1.29 is 4.62 Å². The van der Waals surface area contributed by atoms with Gasteiger partial charge in [-0.15, -0.1) is 19.1 Å². The molecule has 0 aromatic heterocycles. The van der Waals surface area contributed by atoms with Gasteiger partial charge in [0.2, 0.25) is 0 Å². The smallest absolute Gasteiger partial charge is 0.144 e. The largest absolute Gasteiger partial charge is 0.395 e. The van der Waals surface area contributed by atoms with Gasteiger partial charge >= 0.3 is 7.94 Å². The summed E-state index contributed by atoms with van der Waals surface area (Å²) in [6.45, 7) is 9.74. The van der Waals surface area contributed by atoms with Gasteiger partial charge in [-0.05, 0) is 51.4 Å². The highest BCUT2D eigenvalue weighted by Gasteiger charge is 2.61. The molecule has 4 rings (SSSR count). The number of piperidine rings is 4. The van der Waals surface area contributed by atoms with Crippen molar-refractivity contribution in [2.24, 2.45) is 0 Å². The Morgan fingerprint density at radius 2 is 0.692 bits per heavy atom. The number of hydroxylamine groups is 2. The third-order valence-corrected chi connectivity index (χ3v) is 10.5. The van der Waals surface area contributed by atoms with Crippen molar-refractivity contribution in [1.82, 2.24) is 19.1 Å². The molecule has 0 bridgehead atoms. The zero-order valence-electron chi connectivity index (χ0n) is 16.8. The fourth-order valence-electron chi connectivity index (χ4n) is 5.21. The van der Waals surface area contributed by atoms with E-state index in [1.165, 1.54) is 116 Å². The normalized spacial score (nSPS) is 29.1. The molecule has 0 aromatic rings. The van der Waals surface area contributed by atoms with Crippen molar-refractivity contribution in [1.29, 1.82) is 0 Å². The average Bonchev–Trinajstić information content (AvgIpc) is 2.75. The summed E-state index contributed by atoms with van der Waals surface area (Å²) in [5.41, 5.74) is 0. The topological polar surface area (TPSA) is 22.2 Å². The van der Waals surface area contributed by atoms with Crippen molar-refractivity contribution in [2.45, 2.75) is 77.0 Å². The molecule has 0 aliphatic carbocycles. The van der Waals surface area contributed by atoms with Gasteiger partial charge in [0.15, 0.2) is 0 Å². The zero-order valence-corrected chi connectivity index (χ0v) is 17.7. The van der Waals surface area contributed by atoms with Crippen molar-refractivity contribution in [3.8, 4) is 0 Å². The minimum absolute atomic E-state index is 1.14. The van der Waals surface area contributed by atoms with E-state index < -0.39 is 7.94 Å². The van der Waals surface area contributed by atoms with E-state index in [1.807, 2.05) is 0 Å². The van der Waals surface area contributed by atoms with Gasteiger partial charge in [-0.3, -0.25) is 0 Å². The maximum Gasteiger partial charge on any atom is 0.395 e. The summed E-state index contributed by atoms with van der Waals surface area (Å²) in [5, 5.41) is 2.38. The number of nitrogens with zero attached hydrogens (tertiary/aromatic N) is 4. The Hall–Kier alpha value is 0.230. The summed E-state index contributed by atoms with van der Waals surface area (Å²) in [6.07, 6.45) is 16.3. The lowest BCUT2D eigenvalue weighted by molar-refractivity contribution is -0.0929. The standard InChI is InChI=1S/C20H40N4OP/c1-5-13-21(14-6-1)25-26(22-15-7-2-8-16-22,23-17-9-3-10-18-23)24-19-11-4-12-20-24/h1-20H2/q+1. The SMILES string of the molecule is C1CCN(O[P+](N2CCCCC2)(N2CCCCC2)N2CCCCC2)CC1. The van der Waals surface area contributed by atoms with E-state index in [0.717, 1.165) is 13.1 Å². The van der Waals surface area contributed by atoms with Crippen LogP contribution < -0.4 is 0 Å². The summed E-state index contributed by atoms with van der Waals surface area (Å²) in [7, 11) is -1.86. The highest BCUT2D eigenvalue weighted by molar-refractivity contribution is 7.64. The van der Waals surface area contributed by atoms with Crippen molar-refractivity contribution in [2.75, 3.05) is 52.4 Å². The van der Waals surface area contributed by atoms with Gasteiger partial charge < -0.3 is 0 Å². The average molecular weight is 384 g/mol. The van der Waals surface area contributed by atoms with Crippen LogP contribution in [0, 0.1) is 0 Å². The van der Waals surface area contributed by atoms with E-state index in [1.54, 1.807) is 0 Å². The predicted molar refractivity (Wildman–Crippen MR) is 110 cm³/mol. The van der Waals surface area contributed by atoms with Crippen LogP contribution in [-0.2, 0) is 4.62 Å². The minimum Gasteiger partial charge on any atom is -0.144 e. The van der Waals surface area contributed by atoms with Crippen LogP contribution in [0.4, 0.5) is 0 Å². The Kier molecular flexibility index (Phi) is 7.23. The predicted octanol–water partition coefficient (Wildman–Crippen LogP) is 4.54. The number of hydrogen-bond acceptors (Lipinski definition) is 5. The van der Waals surface area contributed by atoms with Gasteiger partial charge in [-0.1, -0.05) is 30.3 Å². The van der Waals surface area contributed by atoms with Gasteiger partial charge in [-0.2, -0.15) is 0 Å². The third kappa shape index (κ3) is 4.29. The monoisotopic (exact) mass is 383 g/mol. The van der Waals surface area contributed by atoms with Crippen LogP contribution in [-0.4, -0.2) is 71.4 Å². The van der Waals surface area contributed by atoms with E-state index >= 15 is 0 Å². The van der Waals surface area contributed by atoms with Crippen molar-refractivity contribution in [3.05, 3.63) is 0 Å². The van der Waals surface area contributed by atoms with Crippen LogP contribution in [0.3, 0.4) is 0 Å². The maximum atomic E-state index is 7.22. The lowest BCUT2D eigenvalue weighted by Gasteiger charge is -2.49. The molecule has 0 N–H and O–H groups in total. The van der Waals surface area contributed by atoms with Crippen LogP contribution in [0.2, 0.25) is 0 Å². The first-order valence-corrected chi connectivity index (χ1v) is 13.1. The second-order valence-corrected chi connectivity index (χ2v) is 11.5. The van der Waals surface area contributed by atoms with Gasteiger partial charge in [0.25, 0.3) is 0 Å². The molecular weight excluding hydrogens is 343 g/mol. The molecule has 4 saturated heterocycles. The molecule has 0 unspecified atom stereocenters. The van der Waals surface area contributed by atoms with Gasteiger partial charge in [-0.25, -0.2) is 0 Å². The summed E-state index contributed by atoms with van der Waals surface area (Å²) in [4.78, 5) is 0. The highest BCUT2D eigenvalue weighted by Crippen LogP contribution is 2.70. The maximum absolute atomic E-state index is 7.22. The lowest BCUT2D eigenvalue weighted by Crippen LogP contribution is -2.52. The summed E-state index contributed by atoms with van der Waals surface area (Å²) >= 11 is 0. The zero-order chi connectivity index (χ0) is 17.7. The molecule has 0 aromatic carbocycles. The second kappa shape index (κ2) is 9.62. The number of rotatable bonds is 5. The number of hydrogen-bond donors (Lipinski definition) is 0. The molecule has 0 spiro atoms. The molecule has 4 aliphatic rings. The van der Waals surface area contributed by atoms with E-state index in [9.17, 15) is 0 Å². The lowest BCUT2D eigenvalue weighted by atomic mass is 10.2. The van der Waals surface area contributed by atoms with Gasteiger partial charge in [0.1, 0.15) is 0 Å². The minimum atomic E-state index is -1.86. The van der Waals surface area contributed by atoms with Crippen molar-refractivity contribution >= 4 is 7.94 Å². The van der Waals surface area contributed by atoms with Crippen LogP contribution in [0.15, 0.2) is 0 Å². The van der Waals surface area contributed by atoms with Gasteiger partial charge in [0, 0.05) is 52.4 Å². The molecule has 26 heavy (non-hydrogen) atoms.